The summed E-state index contributed by atoms with van der Waals surface area (Å²) in [5, 5.41) is 19.1. The molecular weight excluding hydrogens is 376 g/mol. The Labute approximate surface area is 158 Å². The van der Waals surface area contributed by atoms with E-state index in [0.717, 1.165) is 11.8 Å². The second kappa shape index (κ2) is 9.03. The minimum absolute atomic E-state index is 0.0295. The molecule has 1 aromatic carbocycles. The number of benzene rings is 1. The number of amides is 2. The van der Waals surface area contributed by atoms with Crippen molar-refractivity contribution in [2.45, 2.75) is 19.1 Å². The molecule has 2 rings (SSSR count). The van der Waals surface area contributed by atoms with E-state index in [9.17, 15) is 19.7 Å². The highest BCUT2D eigenvalue weighted by Crippen LogP contribution is 2.29. The van der Waals surface area contributed by atoms with E-state index in [2.05, 4.69) is 15.8 Å². The van der Waals surface area contributed by atoms with Crippen molar-refractivity contribution >= 4 is 40.8 Å². The molecule has 0 fully saturated rings. The molecule has 0 aliphatic rings. The number of nitrogens with zero attached hydrogens (tertiary/aromatic N) is 2. The summed E-state index contributed by atoms with van der Waals surface area (Å²) in [5.74, 6) is 0.390. The Bertz CT molecular complexity index is 853. The van der Waals surface area contributed by atoms with Gasteiger partial charge < -0.3 is 19.9 Å². The molecule has 1 aromatic heterocycles. The van der Waals surface area contributed by atoms with Gasteiger partial charge in [0, 0.05) is 18.2 Å². The van der Waals surface area contributed by atoms with Crippen molar-refractivity contribution in [3.8, 4) is 5.75 Å². The zero-order valence-corrected chi connectivity index (χ0v) is 15.7. The van der Waals surface area contributed by atoms with Crippen LogP contribution in [0.25, 0.3) is 0 Å². The smallest absolute Gasteiger partial charge is 0.271 e. The van der Waals surface area contributed by atoms with Gasteiger partial charge in [-0.15, -0.1) is 11.8 Å². The number of carbonyl (C=O) groups excluding carboxylic acids is 2. The number of ether oxygens (including phenoxy) is 1. The van der Waals surface area contributed by atoms with Gasteiger partial charge in [0.15, 0.2) is 5.82 Å². The quantitative estimate of drug-likeness (QED) is 0.515. The molecule has 27 heavy (non-hydrogen) atoms. The molecule has 144 valence electrons. The van der Waals surface area contributed by atoms with Crippen LogP contribution in [0.2, 0.25) is 0 Å². The van der Waals surface area contributed by atoms with Crippen molar-refractivity contribution < 1.29 is 23.8 Å². The predicted octanol–water partition coefficient (Wildman–Crippen LogP) is 2.60. The highest BCUT2D eigenvalue weighted by atomic mass is 32.2. The van der Waals surface area contributed by atoms with Crippen LogP contribution in [0.4, 0.5) is 17.2 Å². The van der Waals surface area contributed by atoms with E-state index < -0.39 is 16.1 Å². The van der Waals surface area contributed by atoms with Gasteiger partial charge in [-0.3, -0.25) is 19.7 Å². The first kappa shape index (κ1) is 20.2. The van der Waals surface area contributed by atoms with Gasteiger partial charge in [0.1, 0.15) is 11.5 Å². The lowest BCUT2D eigenvalue weighted by Gasteiger charge is -2.12. The topological polar surface area (TPSA) is 137 Å². The third-order valence-corrected chi connectivity index (χ3v) is 4.52. The first-order valence-corrected chi connectivity index (χ1v) is 8.83. The predicted molar refractivity (Wildman–Crippen MR) is 100 cm³/mol. The third-order valence-electron chi connectivity index (χ3n) is 3.38. The summed E-state index contributed by atoms with van der Waals surface area (Å²) in [6.45, 7) is 3.35. The van der Waals surface area contributed by atoms with Crippen molar-refractivity contribution in [1.82, 2.24) is 5.16 Å². The Balaban J connectivity index is 1.91. The number of hydrogen-bond donors (Lipinski definition) is 2. The molecule has 1 heterocycles. The molecular formula is C16H18N4O6S. The number of anilines is 2. The Morgan fingerprint density at radius 2 is 2.11 bits per heavy atom. The molecule has 0 bridgehead atoms. The summed E-state index contributed by atoms with van der Waals surface area (Å²) >= 11 is 1.10. The average Bonchev–Trinajstić information content (AvgIpc) is 3.04. The van der Waals surface area contributed by atoms with Gasteiger partial charge in [-0.25, -0.2) is 0 Å². The SMILES string of the molecule is COc1ccc([N+](=O)[O-])cc1NC(=O)CSC(C)C(=O)Nc1cc(C)on1. The number of methoxy groups -OCH3 is 1. The molecule has 0 radical (unpaired) electrons. The van der Waals surface area contributed by atoms with Gasteiger partial charge in [0.2, 0.25) is 11.8 Å². The number of rotatable bonds is 8. The van der Waals surface area contributed by atoms with E-state index in [4.69, 9.17) is 9.26 Å². The van der Waals surface area contributed by atoms with Gasteiger partial charge in [-0.1, -0.05) is 5.16 Å². The van der Waals surface area contributed by atoms with Gasteiger partial charge in [-0.2, -0.15) is 0 Å². The van der Waals surface area contributed by atoms with Crippen LogP contribution >= 0.6 is 11.8 Å². The zero-order valence-electron chi connectivity index (χ0n) is 14.8. The van der Waals surface area contributed by atoms with Gasteiger partial charge >= 0.3 is 0 Å². The molecule has 0 aliphatic heterocycles. The molecule has 2 amide bonds. The van der Waals surface area contributed by atoms with E-state index in [1.54, 1.807) is 19.9 Å². The fraction of sp³-hybridized carbons (Fsp3) is 0.312. The van der Waals surface area contributed by atoms with Crippen molar-refractivity contribution in [3.63, 3.8) is 0 Å². The molecule has 2 N–H and O–H groups in total. The van der Waals surface area contributed by atoms with Crippen molar-refractivity contribution in [2.24, 2.45) is 0 Å². The molecule has 11 heteroatoms. The number of aryl methyl sites for hydroxylation is 1. The van der Waals surface area contributed by atoms with Gasteiger partial charge in [0.25, 0.3) is 5.69 Å². The second-order valence-corrected chi connectivity index (χ2v) is 6.78. The first-order valence-electron chi connectivity index (χ1n) is 7.78. The number of non-ortho nitro benzene ring substituents is 1. The molecule has 0 spiro atoms. The minimum Gasteiger partial charge on any atom is -0.495 e. The molecule has 1 atom stereocenters. The largest absolute Gasteiger partial charge is 0.495 e. The van der Waals surface area contributed by atoms with Crippen LogP contribution in [-0.4, -0.2) is 40.0 Å². The van der Waals surface area contributed by atoms with E-state index in [-0.39, 0.29) is 23.0 Å². The monoisotopic (exact) mass is 394 g/mol. The number of aromatic nitrogens is 1. The van der Waals surface area contributed by atoms with Crippen molar-refractivity contribution in [2.75, 3.05) is 23.5 Å². The molecule has 0 saturated heterocycles. The molecule has 2 aromatic rings. The number of nitro groups is 1. The lowest BCUT2D eigenvalue weighted by Crippen LogP contribution is -2.25. The highest BCUT2D eigenvalue weighted by molar-refractivity contribution is 8.01. The zero-order chi connectivity index (χ0) is 20.0. The maximum atomic E-state index is 12.1. The number of nitro benzene ring substituents is 1. The maximum absolute atomic E-state index is 12.1. The number of nitrogens with one attached hydrogen (secondary N) is 2. The van der Waals surface area contributed by atoms with E-state index in [1.165, 1.54) is 25.3 Å². The molecule has 1 unspecified atom stereocenters. The summed E-state index contributed by atoms with van der Waals surface area (Å²) in [5.41, 5.74) is 0.0156. The van der Waals surface area contributed by atoms with Crippen LogP contribution in [0.3, 0.4) is 0 Å². The Kier molecular flexibility index (Phi) is 6.77. The number of thioether (sulfide) groups is 1. The number of carbonyl (C=O) groups is 2. The van der Waals surface area contributed by atoms with Crippen LogP contribution in [-0.2, 0) is 9.59 Å². The van der Waals surface area contributed by atoms with Gasteiger partial charge in [-0.05, 0) is 19.9 Å². The van der Waals surface area contributed by atoms with E-state index in [0.29, 0.717) is 17.3 Å². The van der Waals surface area contributed by atoms with E-state index in [1.807, 2.05) is 0 Å². The summed E-state index contributed by atoms with van der Waals surface area (Å²) in [4.78, 5) is 34.5. The fourth-order valence-electron chi connectivity index (χ4n) is 2.02. The Morgan fingerprint density at radius 1 is 1.37 bits per heavy atom. The standard InChI is InChI=1S/C16H18N4O6S/c1-9-6-14(19-26-9)18-16(22)10(2)27-8-15(21)17-12-7-11(20(23)24)4-5-13(12)25-3/h4-7,10H,8H2,1-3H3,(H,17,21)(H,18,19,22). The molecule has 0 aliphatic carbocycles. The van der Waals surface area contributed by atoms with Crippen LogP contribution < -0.4 is 15.4 Å². The first-order chi connectivity index (χ1) is 12.8. The lowest BCUT2D eigenvalue weighted by atomic mass is 10.2. The normalized spacial score (nSPS) is 11.5. The summed E-state index contributed by atoms with van der Waals surface area (Å²) in [6, 6.07) is 5.47. The molecule has 10 nitrogen and oxygen atoms in total. The second-order valence-electron chi connectivity index (χ2n) is 5.46. The summed E-state index contributed by atoms with van der Waals surface area (Å²) in [7, 11) is 1.39. The van der Waals surface area contributed by atoms with Crippen molar-refractivity contribution in [3.05, 3.63) is 40.1 Å². The summed E-state index contributed by atoms with van der Waals surface area (Å²) in [6.07, 6.45) is 0. The average molecular weight is 394 g/mol. The number of hydrogen-bond acceptors (Lipinski definition) is 8. The highest BCUT2D eigenvalue weighted by Gasteiger charge is 2.18. The third kappa shape index (κ3) is 5.71. The summed E-state index contributed by atoms with van der Waals surface area (Å²) < 4.78 is 9.95. The van der Waals surface area contributed by atoms with Gasteiger partial charge in [0.05, 0.1) is 28.7 Å². The van der Waals surface area contributed by atoms with Crippen LogP contribution in [0.1, 0.15) is 12.7 Å². The molecule has 0 saturated carbocycles. The van der Waals surface area contributed by atoms with Crippen LogP contribution in [0.15, 0.2) is 28.8 Å². The van der Waals surface area contributed by atoms with E-state index >= 15 is 0 Å². The fourth-order valence-corrected chi connectivity index (χ4v) is 2.71. The Morgan fingerprint density at radius 3 is 2.70 bits per heavy atom. The maximum Gasteiger partial charge on any atom is 0.271 e. The van der Waals surface area contributed by atoms with Crippen LogP contribution in [0.5, 0.6) is 5.75 Å². The Hall–Kier alpha value is -3.08. The van der Waals surface area contributed by atoms with Crippen LogP contribution in [0, 0.1) is 17.0 Å². The minimum atomic E-state index is -0.568. The lowest BCUT2D eigenvalue weighted by molar-refractivity contribution is -0.384. The van der Waals surface area contributed by atoms with Crippen molar-refractivity contribution in [1.29, 1.82) is 0 Å².